The van der Waals surface area contributed by atoms with Gasteiger partial charge in [0.25, 0.3) is 5.91 Å². The van der Waals surface area contributed by atoms with Crippen LogP contribution in [0.5, 0.6) is 17.2 Å². The van der Waals surface area contributed by atoms with Gasteiger partial charge in [-0.3, -0.25) is 9.59 Å². The SMILES string of the molecule is COc1cccc(C(C)(CC(=O)O)NC(=O)C2=Cc3cccc(OC)c3OC2)c1. The fraction of sp³-hybridized carbons (Fsp3) is 0.273. The highest BCUT2D eigenvalue weighted by molar-refractivity contribution is 6.00. The van der Waals surface area contributed by atoms with Gasteiger partial charge < -0.3 is 24.6 Å². The number of carboxylic acid groups (broad SMARTS) is 1. The standard InChI is InChI=1S/C22H23NO6/c1-22(12-19(24)25,16-7-5-8-17(11-16)27-2)23-21(26)15-10-14-6-4-9-18(28-3)20(14)29-13-15/h4-11H,12-13H2,1-3H3,(H,23,26)(H,24,25). The lowest BCUT2D eigenvalue weighted by Crippen LogP contribution is -2.46. The second-order valence-corrected chi connectivity index (χ2v) is 6.93. The lowest BCUT2D eigenvalue weighted by Gasteiger charge is -2.31. The molecule has 0 aliphatic carbocycles. The molecule has 7 nitrogen and oxygen atoms in total. The molecule has 0 bridgehead atoms. The Labute approximate surface area is 168 Å². The van der Waals surface area contributed by atoms with Crippen molar-refractivity contribution in [3.8, 4) is 17.2 Å². The monoisotopic (exact) mass is 397 g/mol. The average Bonchev–Trinajstić information content (AvgIpc) is 2.72. The van der Waals surface area contributed by atoms with E-state index < -0.39 is 17.4 Å². The highest BCUT2D eigenvalue weighted by Gasteiger charge is 2.33. The molecule has 0 saturated carbocycles. The van der Waals surface area contributed by atoms with E-state index in [1.807, 2.05) is 12.1 Å². The highest BCUT2D eigenvalue weighted by Crippen LogP contribution is 2.36. The van der Waals surface area contributed by atoms with Crippen LogP contribution in [0.1, 0.15) is 24.5 Å². The molecule has 3 rings (SSSR count). The number of aliphatic carboxylic acids is 1. The van der Waals surface area contributed by atoms with Gasteiger partial charge in [0.05, 0.1) is 31.8 Å². The van der Waals surface area contributed by atoms with Crippen molar-refractivity contribution in [3.05, 3.63) is 59.2 Å². The van der Waals surface area contributed by atoms with Crippen LogP contribution in [-0.4, -0.2) is 37.8 Å². The van der Waals surface area contributed by atoms with Gasteiger partial charge in [0.1, 0.15) is 12.4 Å². The van der Waals surface area contributed by atoms with Crippen LogP contribution < -0.4 is 19.5 Å². The fourth-order valence-electron chi connectivity index (χ4n) is 3.29. The average molecular weight is 397 g/mol. The number of ether oxygens (including phenoxy) is 3. The number of amides is 1. The van der Waals surface area contributed by atoms with Crippen molar-refractivity contribution in [1.29, 1.82) is 0 Å². The third-order valence-electron chi connectivity index (χ3n) is 4.82. The van der Waals surface area contributed by atoms with E-state index in [4.69, 9.17) is 14.2 Å². The third-order valence-corrected chi connectivity index (χ3v) is 4.82. The molecular weight excluding hydrogens is 374 g/mol. The predicted octanol–water partition coefficient (Wildman–Crippen LogP) is 2.99. The van der Waals surface area contributed by atoms with E-state index in [0.717, 1.165) is 5.56 Å². The molecule has 1 amide bonds. The van der Waals surface area contributed by atoms with Crippen molar-refractivity contribution in [2.75, 3.05) is 20.8 Å². The lowest BCUT2D eigenvalue weighted by molar-refractivity contribution is -0.139. The number of nitrogens with one attached hydrogen (secondary N) is 1. The first-order chi connectivity index (χ1) is 13.9. The molecule has 1 heterocycles. The molecule has 1 aliphatic rings. The molecule has 1 aliphatic heterocycles. The zero-order valence-electron chi connectivity index (χ0n) is 16.5. The normalized spacial score (nSPS) is 14.5. The van der Waals surface area contributed by atoms with Gasteiger partial charge in [0.15, 0.2) is 11.5 Å². The van der Waals surface area contributed by atoms with Gasteiger partial charge in [-0.05, 0) is 36.8 Å². The number of carbonyl (C=O) groups excluding carboxylic acids is 1. The molecule has 1 unspecified atom stereocenters. The predicted molar refractivity (Wildman–Crippen MR) is 107 cm³/mol. The molecule has 0 aromatic heterocycles. The summed E-state index contributed by atoms with van der Waals surface area (Å²) in [6, 6.07) is 12.4. The molecule has 152 valence electrons. The van der Waals surface area contributed by atoms with Crippen LogP contribution in [0, 0.1) is 0 Å². The molecule has 0 fully saturated rings. The van der Waals surface area contributed by atoms with Crippen LogP contribution in [0.4, 0.5) is 0 Å². The quantitative estimate of drug-likeness (QED) is 0.746. The molecule has 7 heteroatoms. The van der Waals surface area contributed by atoms with E-state index in [1.54, 1.807) is 50.4 Å². The Kier molecular flexibility index (Phi) is 5.77. The van der Waals surface area contributed by atoms with Crippen LogP contribution in [0.25, 0.3) is 6.08 Å². The molecule has 1 atom stereocenters. The Morgan fingerprint density at radius 2 is 1.93 bits per heavy atom. The molecular formula is C22H23NO6. The largest absolute Gasteiger partial charge is 0.497 e. The first-order valence-corrected chi connectivity index (χ1v) is 9.05. The second kappa shape index (κ2) is 8.26. The minimum absolute atomic E-state index is 0.0560. The van der Waals surface area contributed by atoms with Crippen molar-refractivity contribution in [2.45, 2.75) is 18.9 Å². The molecule has 2 aromatic rings. The first kappa shape index (κ1) is 20.3. The summed E-state index contributed by atoms with van der Waals surface area (Å²) in [4.78, 5) is 24.5. The number of hydrogen-bond donors (Lipinski definition) is 2. The Morgan fingerprint density at radius 1 is 1.17 bits per heavy atom. The van der Waals surface area contributed by atoms with Crippen molar-refractivity contribution in [2.24, 2.45) is 0 Å². The second-order valence-electron chi connectivity index (χ2n) is 6.93. The summed E-state index contributed by atoms with van der Waals surface area (Å²) in [7, 11) is 3.08. The number of carboxylic acids is 1. The van der Waals surface area contributed by atoms with Gasteiger partial charge in [-0.25, -0.2) is 0 Å². The van der Waals surface area contributed by atoms with Gasteiger partial charge in [-0.15, -0.1) is 0 Å². The smallest absolute Gasteiger partial charge is 0.306 e. The highest BCUT2D eigenvalue weighted by atomic mass is 16.5. The number of rotatable bonds is 7. The molecule has 0 saturated heterocycles. The van der Waals surface area contributed by atoms with Crippen molar-refractivity contribution < 1.29 is 28.9 Å². The van der Waals surface area contributed by atoms with Crippen LogP contribution in [0.3, 0.4) is 0 Å². The van der Waals surface area contributed by atoms with E-state index in [1.165, 1.54) is 7.11 Å². The van der Waals surface area contributed by atoms with Gasteiger partial charge in [-0.2, -0.15) is 0 Å². The minimum atomic E-state index is -1.13. The Morgan fingerprint density at radius 3 is 2.62 bits per heavy atom. The summed E-state index contributed by atoms with van der Waals surface area (Å²) in [5.74, 6) is 0.317. The van der Waals surface area contributed by atoms with E-state index in [-0.39, 0.29) is 13.0 Å². The van der Waals surface area contributed by atoms with Crippen LogP contribution in [0.15, 0.2) is 48.0 Å². The summed E-state index contributed by atoms with van der Waals surface area (Å²) in [5.41, 5.74) is 0.617. The van der Waals surface area contributed by atoms with Crippen LogP contribution >= 0.6 is 0 Å². The fourth-order valence-corrected chi connectivity index (χ4v) is 3.29. The maximum Gasteiger partial charge on any atom is 0.306 e. The van der Waals surface area contributed by atoms with E-state index in [0.29, 0.717) is 28.4 Å². The zero-order chi connectivity index (χ0) is 21.0. The van der Waals surface area contributed by atoms with Gasteiger partial charge in [-0.1, -0.05) is 24.3 Å². The van der Waals surface area contributed by atoms with E-state index in [2.05, 4.69) is 5.32 Å². The number of fused-ring (bicyclic) bond motifs is 1. The number of methoxy groups -OCH3 is 2. The number of para-hydroxylation sites is 1. The molecule has 2 N–H and O–H groups in total. The Hall–Kier alpha value is -3.48. The maximum absolute atomic E-state index is 13.0. The van der Waals surface area contributed by atoms with Gasteiger partial charge in [0.2, 0.25) is 0 Å². The Balaban J connectivity index is 1.90. The topological polar surface area (TPSA) is 94.1 Å². The minimum Gasteiger partial charge on any atom is -0.497 e. The first-order valence-electron chi connectivity index (χ1n) is 9.05. The third kappa shape index (κ3) is 4.34. The number of benzene rings is 2. The van der Waals surface area contributed by atoms with E-state index in [9.17, 15) is 14.7 Å². The van der Waals surface area contributed by atoms with Gasteiger partial charge >= 0.3 is 5.97 Å². The number of carbonyl (C=O) groups is 2. The molecule has 2 aromatic carbocycles. The summed E-state index contributed by atoms with van der Waals surface area (Å²) >= 11 is 0. The lowest BCUT2D eigenvalue weighted by atomic mass is 9.87. The van der Waals surface area contributed by atoms with Crippen molar-refractivity contribution in [1.82, 2.24) is 5.32 Å². The number of hydrogen-bond acceptors (Lipinski definition) is 5. The summed E-state index contributed by atoms with van der Waals surface area (Å²) in [6.07, 6.45) is 1.44. The molecule has 0 spiro atoms. The van der Waals surface area contributed by atoms with Crippen LogP contribution in [-0.2, 0) is 15.1 Å². The summed E-state index contributed by atoms with van der Waals surface area (Å²) in [6.45, 7) is 1.73. The van der Waals surface area contributed by atoms with Gasteiger partial charge in [0, 0.05) is 5.56 Å². The van der Waals surface area contributed by atoms with Crippen molar-refractivity contribution >= 4 is 18.0 Å². The summed E-state index contributed by atoms with van der Waals surface area (Å²) in [5, 5.41) is 12.3. The zero-order valence-corrected chi connectivity index (χ0v) is 16.5. The molecule has 29 heavy (non-hydrogen) atoms. The van der Waals surface area contributed by atoms with Crippen molar-refractivity contribution in [3.63, 3.8) is 0 Å². The van der Waals surface area contributed by atoms with Crippen LogP contribution in [0.2, 0.25) is 0 Å². The van der Waals surface area contributed by atoms with E-state index >= 15 is 0 Å². The molecule has 0 radical (unpaired) electrons. The Bertz CT molecular complexity index is 968. The maximum atomic E-state index is 13.0. The summed E-state index contributed by atoms with van der Waals surface area (Å²) < 4.78 is 16.2.